The molecule has 7 heavy (non-hydrogen) atoms. The fraction of sp³-hybridized carbons (Fsp3) is 0.833. The lowest BCUT2D eigenvalue weighted by molar-refractivity contribution is 0.750. The Morgan fingerprint density at radius 1 is 1.57 bits per heavy atom. The molecular formula is C6H13S-. The van der Waals surface area contributed by atoms with Crippen molar-refractivity contribution in [3.63, 3.8) is 0 Å². The van der Waals surface area contributed by atoms with Crippen molar-refractivity contribution in [3.05, 3.63) is 0 Å². The van der Waals surface area contributed by atoms with Crippen molar-refractivity contribution in [2.24, 2.45) is 5.92 Å². The first-order chi connectivity index (χ1) is 3.13. The Hall–Kier alpha value is 0.130. The van der Waals surface area contributed by atoms with Crippen LogP contribution < -0.4 is 0 Å². The summed E-state index contributed by atoms with van der Waals surface area (Å²) in [6, 6.07) is 0. The fourth-order valence-corrected chi connectivity index (χ4v) is 1.58. The first-order valence-corrected chi connectivity index (χ1v) is 4.36. The second-order valence-electron chi connectivity index (χ2n) is 2.25. The van der Waals surface area contributed by atoms with Crippen LogP contribution in [0.25, 0.3) is 0 Å². The number of rotatable bonds is 1. The molecule has 0 aromatic heterocycles. The van der Waals surface area contributed by atoms with Crippen molar-refractivity contribution < 1.29 is 0 Å². The van der Waals surface area contributed by atoms with E-state index in [4.69, 9.17) is 5.69 Å². The summed E-state index contributed by atoms with van der Waals surface area (Å²) in [5.74, 6) is 1.93. The zero-order chi connectivity index (χ0) is 5.86. The lowest BCUT2D eigenvalue weighted by Gasteiger charge is -2.11. The SMILES string of the molecule is C#[S-](C)CC(C)C. The molecule has 0 aromatic rings. The Balaban J connectivity index is 3.19. The van der Waals surface area contributed by atoms with Crippen LogP contribution in [-0.2, 0) is 10.3 Å². The van der Waals surface area contributed by atoms with Crippen LogP contribution in [0, 0.1) is 11.6 Å². The predicted octanol–water partition coefficient (Wildman–Crippen LogP) is 1.48. The second kappa shape index (κ2) is 3.17. The molecule has 0 saturated carbocycles. The minimum absolute atomic E-state index is 0.154. The van der Waals surface area contributed by atoms with Crippen molar-refractivity contribution in [1.82, 2.24) is 0 Å². The first-order valence-electron chi connectivity index (χ1n) is 2.50. The highest BCUT2D eigenvalue weighted by molar-refractivity contribution is 7.85. The summed E-state index contributed by atoms with van der Waals surface area (Å²) in [4.78, 5) is 0. The maximum absolute atomic E-state index is 5.52. The van der Waals surface area contributed by atoms with Gasteiger partial charge >= 0.3 is 0 Å². The highest BCUT2D eigenvalue weighted by atomic mass is 32.2. The van der Waals surface area contributed by atoms with Crippen molar-refractivity contribution in [2.45, 2.75) is 13.8 Å². The molecule has 0 rings (SSSR count). The Kier molecular flexibility index (Phi) is 3.23. The van der Waals surface area contributed by atoms with Gasteiger partial charge in [0.1, 0.15) is 0 Å². The summed E-state index contributed by atoms with van der Waals surface area (Å²) in [6.45, 7) is 4.38. The van der Waals surface area contributed by atoms with Crippen LogP contribution in [0.5, 0.6) is 0 Å². The minimum atomic E-state index is 0.154. The molecule has 0 fully saturated rings. The third kappa shape index (κ3) is 6.13. The molecule has 0 atom stereocenters. The average Bonchev–Trinajstić information content (AvgIpc) is 1.27. The van der Waals surface area contributed by atoms with Gasteiger partial charge in [0.05, 0.1) is 0 Å². The second-order valence-corrected chi connectivity index (χ2v) is 3.97. The van der Waals surface area contributed by atoms with E-state index in [2.05, 4.69) is 20.1 Å². The van der Waals surface area contributed by atoms with Gasteiger partial charge in [-0.05, 0) is 0 Å². The smallest absolute Gasteiger partial charge is 0.0645 e. The van der Waals surface area contributed by atoms with Crippen LogP contribution in [0.4, 0.5) is 0 Å². The molecule has 0 nitrogen and oxygen atoms in total. The molecule has 0 aliphatic heterocycles. The largest absolute Gasteiger partial charge is 0.460 e. The summed E-state index contributed by atoms with van der Waals surface area (Å²) in [7, 11) is 0.154. The van der Waals surface area contributed by atoms with E-state index < -0.39 is 0 Å². The molecule has 1 heteroatoms. The molecule has 0 amide bonds. The van der Waals surface area contributed by atoms with Crippen LogP contribution in [-0.4, -0.2) is 12.0 Å². The van der Waals surface area contributed by atoms with Gasteiger partial charge in [0.25, 0.3) is 0 Å². The predicted molar refractivity (Wildman–Crippen MR) is 37.9 cm³/mol. The Morgan fingerprint density at radius 2 is 2.00 bits per heavy atom. The Labute approximate surface area is 48.5 Å². The fourth-order valence-electron chi connectivity index (χ4n) is 0.526. The van der Waals surface area contributed by atoms with Gasteiger partial charge in [0.15, 0.2) is 0 Å². The molecule has 0 heterocycles. The molecule has 0 unspecified atom stereocenters. The lowest BCUT2D eigenvalue weighted by atomic mass is 10.3. The quantitative estimate of drug-likeness (QED) is 0.456. The van der Waals surface area contributed by atoms with E-state index in [-0.39, 0.29) is 10.3 Å². The minimum Gasteiger partial charge on any atom is -0.460 e. The van der Waals surface area contributed by atoms with Gasteiger partial charge in [-0.25, -0.2) is 0 Å². The maximum atomic E-state index is 5.52. The Bertz CT molecular complexity index is 94.5. The molecule has 0 aliphatic carbocycles. The molecule has 0 spiro atoms. The monoisotopic (exact) mass is 117 g/mol. The van der Waals surface area contributed by atoms with Gasteiger partial charge < -0.3 is 16.0 Å². The summed E-state index contributed by atoms with van der Waals surface area (Å²) < 4.78 is 0. The summed E-state index contributed by atoms with van der Waals surface area (Å²) >= 11 is 0. The van der Waals surface area contributed by atoms with Gasteiger partial charge in [-0.1, -0.05) is 19.8 Å². The number of hydrogen-bond acceptors (Lipinski definition) is 1. The van der Waals surface area contributed by atoms with Crippen molar-refractivity contribution in [3.8, 4) is 5.69 Å². The van der Waals surface area contributed by atoms with E-state index in [1.807, 2.05) is 0 Å². The number of hydrogen-bond donors (Lipinski definition) is 0. The summed E-state index contributed by atoms with van der Waals surface area (Å²) in [5, 5.41) is 0. The third-order valence-electron chi connectivity index (χ3n) is 0.596. The first kappa shape index (κ1) is 7.13. The average molecular weight is 117 g/mol. The van der Waals surface area contributed by atoms with Crippen molar-refractivity contribution in [1.29, 1.82) is 0 Å². The van der Waals surface area contributed by atoms with Crippen LogP contribution in [0.1, 0.15) is 13.8 Å². The third-order valence-corrected chi connectivity index (χ3v) is 1.79. The lowest BCUT2D eigenvalue weighted by Crippen LogP contribution is -1.98. The van der Waals surface area contributed by atoms with E-state index in [1.54, 1.807) is 0 Å². The van der Waals surface area contributed by atoms with Gasteiger partial charge in [0, 0.05) is 0 Å². The normalized spacial score (nSPS) is 10.9. The van der Waals surface area contributed by atoms with Crippen molar-refractivity contribution in [2.75, 3.05) is 12.0 Å². The summed E-state index contributed by atoms with van der Waals surface area (Å²) in [6.07, 6.45) is 2.07. The molecule has 0 radical (unpaired) electrons. The van der Waals surface area contributed by atoms with Crippen LogP contribution in [0.15, 0.2) is 0 Å². The van der Waals surface area contributed by atoms with E-state index >= 15 is 0 Å². The molecule has 0 bridgehead atoms. The summed E-state index contributed by atoms with van der Waals surface area (Å²) in [5.41, 5.74) is 5.52. The van der Waals surface area contributed by atoms with E-state index in [0.717, 1.165) is 5.92 Å². The molecule has 0 aliphatic rings. The molecule has 0 aromatic carbocycles. The van der Waals surface area contributed by atoms with Crippen LogP contribution in [0.3, 0.4) is 0 Å². The zero-order valence-electron chi connectivity index (χ0n) is 5.27. The van der Waals surface area contributed by atoms with E-state index in [1.165, 1.54) is 5.75 Å². The van der Waals surface area contributed by atoms with Crippen LogP contribution >= 0.6 is 0 Å². The van der Waals surface area contributed by atoms with Gasteiger partial charge in [-0.2, -0.15) is 0 Å². The molecule has 0 N–H and O–H groups in total. The van der Waals surface area contributed by atoms with Gasteiger partial charge in [-0.3, -0.25) is 0 Å². The molecule has 44 valence electrons. The zero-order valence-corrected chi connectivity index (χ0v) is 6.09. The van der Waals surface area contributed by atoms with Crippen LogP contribution in [0.2, 0.25) is 0 Å². The highest BCUT2D eigenvalue weighted by Crippen LogP contribution is 1.90. The van der Waals surface area contributed by atoms with E-state index in [0.29, 0.717) is 0 Å². The Morgan fingerprint density at radius 3 is 2.00 bits per heavy atom. The molecule has 0 saturated heterocycles. The topological polar surface area (TPSA) is 0 Å². The molecular weight excluding hydrogens is 104 g/mol. The standard InChI is InChI=1S/C6H13S/c1-6(2)5-7(3)4/h3,6H,5H2,1-2,4H3/q-1. The van der Waals surface area contributed by atoms with E-state index in [9.17, 15) is 0 Å². The van der Waals surface area contributed by atoms with Gasteiger partial charge in [0.2, 0.25) is 0 Å². The van der Waals surface area contributed by atoms with Gasteiger partial charge in [-0.15, -0.1) is 12.0 Å². The highest BCUT2D eigenvalue weighted by Gasteiger charge is 1.79. The maximum Gasteiger partial charge on any atom is -0.0645 e. The van der Waals surface area contributed by atoms with Crippen molar-refractivity contribution >= 4 is 10.3 Å².